The van der Waals surface area contributed by atoms with Gasteiger partial charge in [0.05, 0.1) is 12.1 Å². The van der Waals surface area contributed by atoms with E-state index in [1.54, 1.807) is 13.8 Å². The Morgan fingerprint density at radius 2 is 2.00 bits per heavy atom. The molecule has 0 heterocycles. The summed E-state index contributed by atoms with van der Waals surface area (Å²) >= 11 is 0. The molecule has 1 amide bonds. The summed E-state index contributed by atoms with van der Waals surface area (Å²) in [6.07, 6.45) is 1.98. The fourth-order valence-electron chi connectivity index (χ4n) is 2.00. The van der Waals surface area contributed by atoms with Crippen molar-refractivity contribution in [3.63, 3.8) is 0 Å². The van der Waals surface area contributed by atoms with Crippen molar-refractivity contribution < 1.29 is 14.3 Å². The fourth-order valence-corrected chi connectivity index (χ4v) is 2.00. The van der Waals surface area contributed by atoms with Crippen molar-refractivity contribution in [2.24, 2.45) is 11.7 Å². The molecule has 1 saturated carbocycles. The third kappa shape index (κ3) is 3.45. The van der Waals surface area contributed by atoms with Crippen LogP contribution in [-0.4, -0.2) is 41.5 Å². The van der Waals surface area contributed by atoms with Crippen LogP contribution in [0.2, 0.25) is 0 Å². The molecule has 0 aromatic carbocycles. The normalized spacial score (nSPS) is 18.3. The highest BCUT2D eigenvalue weighted by Gasteiger charge is 2.46. The molecule has 0 aliphatic heterocycles. The molecule has 1 fully saturated rings. The largest absolute Gasteiger partial charge is 0.465 e. The van der Waals surface area contributed by atoms with E-state index in [1.807, 2.05) is 13.8 Å². The van der Waals surface area contributed by atoms with Gasteiger partial charge in [-0.2, -0.15) is 0 Å². The van der Waals surface area contributed by atoms with Gasteiger partial charge < -0.3 is 15.4 Å². The Balaban J connectivity index is 2.72. The molecule has 1 aliphatic rings. The zero-order valence-electron chi connectivity index (χ0n) is 11.7. The van der Waals surface area contributed by atoms with Crippen LogP contribution in [0.15, 0.2) is 0 Å². The van der Waals surface area contributed by atoms with Crippen molar-refractivity contribution in [2.45, 2.75) is 52.1 Å². The van der Waals surface area contributed by atoms with Crippen LogP contribution >= 0.6 is 0 Å². The minimum absolute atomic E-state index is 0.0240. The lowest BCUT2D eigenvalue weighted by molar-refractivity contribution is -0.152. The molecule has 0 spiro atoms. The third-order valence-electron chi connectivity index (χ3n) is 3.38. The molecule has 0 radical (unpaired) electrons. The van der Waals surface area contributed by atoms with Gasteiger partial charge in [0.2, 0.25) is 5.91 Å². The van der Waals surface area contributed by atoms with Crippen molar-refractivity contribution in [3.8, 4) is 0 Å². The first kappa shape index (κ1) is 15.0. The van der Waals surface area contributed by atoms with Gasteiger partial charge in [0.25, 0.3) is 0 Å². The summed E-state index contributed by atoms with van der Waals surface area (Å²) in [6, 6.07) is -0.0662. The summed E-state index contributed by atoms with van der Waals surface area (Å²) < 4.78 is 4.89. The second kappa shape index (κ2) is 5.69. The number of hydrogen-bond donors (Lipinski definition) is 1. The van der Waals surface area contributed by atoms with Crippen LogP contribution in [0, 0.1) is 5.92 Å². The highest BCUT2D eigenvalue weighted by molar-refractivity contribution is 5.89. The van der Waals surface area contributed by atoms with Gasteiger partial charge in [0, 0.05) is 6.04 Å². The SMILES string of the molecule is CCOC(=O)CN(C(=O)C(C)(N)C1CC1)C(C)C. The maximum atomic E-state index is 12.4. The van der Waals surface area contributed by atoms with Crippen molar-refractivity contribution in [3.05, 3.63) is 0 Å². The molecule has 1 rings (SSSR count). The predicted octanol–water partition coefficient (Wildman–Crippen LogP) is 0.914. The summed E-state index contributed by atoms with van der Waals surface area (Å²) in [4.78, 5) is 25.4. The van der Waals surface area contributed by atoms with E-state index >= 15 is 0 Å². The minimum Gasteiger partial charge on any atom is -0.465 e. The zero-order chi connectivity index (χ0) is 13.9. The monoisotopic (exact) mass is 256 g/mol. The predicted molar refractivity (Wildman–Crippen MR) is 68.8 cm³/mol. The molecule has 1 atom stereocenters. The fraction of sp³-hybridized carbons (Fsp3) is 0.846. The van der Waals surface area contributed by atoms with Gasteiger partial charge in [-0.3, -0.25) is 9.59 Å². The van der Waals surface area contributed by atoms with Gasteiger partial charge in [-0.25, -0.2) is 0 Å². The number of hydrogen-bond acceptors (Lipinski definition) is 4. The Kier molecular flexibility index (Phi) is 4.73. The average molecular weight is 256 g/mol. The molecule has 0 saturated heterocycles. The Bertz CT molecular complexity index is 322. The van der Waals surface area contributed by atoms with Crippen LogP contribution in [0.5, 0.6) is 0 Å². The van der Waals surface area contributed by atoms with Crippen molar-refractivity contribution in [1.82, 2.24) is 4.90 Å². The van der Waals surface area contributed by atoms with Gasteiger partial charge in [-0.05, 0) is 46.5 Å². The molecule has 0 aromatic rings. The van der Waals surface area contributed by atoms with E-state index in [4.69, 9.17) is 10.5 Å². The van der Waals surface area contributed by atoms with Crippen molar-refractivity contribution >= 4 is 11.9 Å². The summed E-state index contributed by atoms with van der Waals surface area (Å²) in [5.41, 5.74) is 5.25. The number of esters is 1. The van der Waals surface area contributed by atoms with E-state index < -0.39 is 5.54 Å². The summed E-state index contributed by atoms with van der Waals surface area (Å²) in [5, 5.41) is 0. The minimum atomic E-state index is -0.864. The highest BCUT2D eigenvalue weighted by Crippen LogP contribution is 2.39. The van der Waals surface area contributed by atoms with E-state index in [1.165, 1.54) is 4.90 Å². The van der Waals surface area contributed by atoms with Gasteiger partial charge in [0.1, 0.15) is 6.54 Å². The molecular formula is C13H24N2O3. The molecule has 1 aliphatic carbocycles. The molecule has 0 aromatic heterocycles. The van der Waals surface area contributed by atoms with Crippen LogP contribution < -0.4 is 5.73 Å². The molecule has 1 unspecified atom stereocenters. The molecule has 0 bridgehead atoms. The first-order valence-electron chi connectivity index (χ1n) is 6.56. The smallest absolute Gasteiger partial charge is 0.325 e. The van der Waals surface area contributed by atoms with Crippen LogP contribution in [0.25, 0.3) is 0 Å². The van der Waals surface area contributed by atoms with Gasteiger partial charge >= 0.3 is 5.97 Å². The molecule has 18 heavy (non-hydrogen) atoms. The van der Waals surface area contributed by atoms with Crippen LogP contribution in [0.1, 0.15) is 40.5 Å². The molecule has 2 N–H and O–H groups in total. The Labute approximate surface area is 109 Å². The average Bonchev–Trinajstić information content (AvgIpc) is 3.08. The van der Waals surface area contributed by atoms with Gasteiger partial charge in [0.15, 0.2) is 0 Å². The quantitative estimate of drug-likeness (QED) is 0.717. The number of amides is 1. The lowest BCUT2D eigenvalue weighted by Gasteiger charge is -2.34. The lowest BCUT2D eigenvalue weighted by Crippen LogP contribution is -2.57. The van der Waals surface area contributed by atoms with Crippen LogP contribution in [-0.2, 0) is 14.3 Å². The Morgan fingerprint density at radius 3 is 2.39 bits per heavy atom. The van der Waals surface area contributed by atoms with E-state index in [2.05, 4.69) is 0 Å². The number of carbonyl (C=O) groups excluding carboxylic acids is 2. The van der Waals surface area contributed by atoms with Crippen molar-refractivity contribution in [2.75, 3.05) is 13.2 Å². The van der Waals surface area contributed by atoms with E-state index in [-0.39, 0.29) is 30.4 Å². The maximum Gasteiger partial charge on any atom is 0.325 e. The standard InChI is InChI=1S/C13H24N2O3/c1-5-18-11(16)8-15(9(2)3)12(17)13(4,14)10-6-7-10/h9-10H,5-8,14H2,1-4H3. The second-order valence-electron chi connectivity index (χ2n) is 5.39. The topological polar surface area (TPSA) is 72.6 Å². The first-order valence-corrected chi connectivity index (χ1v) is 6.56. The number of nitrogens with zero attached hydrogens (tertiary/aromatic N) is 1. The first-order chi connectivity index (χ1) is 8.30. The summed E-state index contributed by atoms with van der Waals surface area (Å²) in [5.74, 6) is -0.298. The summed E-state index contributed by atoms with van der Waals surface area (Å²) in [7, 11) is 0. The van der Waals surface area contributed by atoms with E-state index in [0.29, 0.717) is 6.61 Å². The number of ether oxygens (including phenoxy) is 1. The van der Waals surface area contributed by atoms with E-state index in [9.17, 15) is 9.59 Å². The van der Waals surface area contributed by atoms with Crippen molar-refractivity contribution in [1.29, 1.82) is 0 Å². The molecule has 104 valence electrons. The maximum absolute atomic E-state index is 12.4. The lowest BCUT2D eigenvalue weighted by atomic mass is 9.94. The molecule has 5 nitrogen and oxygen atoms in total. The summed E-state index contributed by atoms with van der Waals surface area (Å²) in [6.45, 7) is 7.55. The van der Waals surface area contributed by atoms with Gasteiger partial charge in [-0.15, -0.1) is 0 Å². The molecular weight excluding hydrogens is 232 g/mol. The second-order valence-corrected chi connectivity index (χ2v) is 5.39. The van der Waals surface area contributed by atoms with Gasteiger partial charge in [-0.1, -0.05) is 0 Å². The van der Waals surface area contributed by atoms with Crippen LogP contribution in [0.4, 0.5) is 0 Å². The Hall–Kier alpha value is -1.10. The number of nitrogens with two attached hydrogens (primary N) is 1. The molecule has 5 heteroatoms. The van der Waals surface area contributed by atoms with E-state index in [0.717, 1.165) is 12.8 Å². The Morgan fingerprint density at radius 1 is 1.44 bits per heavy atom. The third-order valence-corrected chi connectivity index (χ3v) is 3.38. The number of rotatable bonds is 6. The van der Waals surface area contributed by atoms with Crippen LogP contribution in [0.3, 0.4) is 0 Å². The number of carbonyl (C=O) groups is 2. The highest BCUT2D eigenvalue weighted by atomic mass is 16.5. The zero-order valence-corrected chi connectivity index (χ0v) is 11.7.